The molecule has 1 amide bonds. The number of hydrogen-bond donors (Lipinski definition) is 2. The zero-order valence-corrected chi connectivity index (χ0v) is 8.55. The van der Waals surface area contributed by atoms with E-state index >= 15 is 0 Å². The monoisotopic (exact) mass is 213 g/mol. The fourth-order valence-corrected chi connectivity index (χ4v) is 1.60. The number of nitrogens with zero attached hydrogens (tertiary/aromatic N) is 1. The van der Waals surface area contributed by atoms with E-state index < -0.39 is 5.91 Å². The van der Waals surface area contributed by atoms with Gasteiger partial charge in [0.2, 0.25) is 0 Å². The molecule has 1 aromatic heterocycles. The van der Waals surface area contributed by atoms with Crippen molar-refractivity contribution < 1.29 is 4.79 Å². The second kappa shape index (κ2) is 4.02. The fourth-order valence-electron chi connectivity index (χ4n) is 1.60. The minimum absolute atomic E-state index is 0.161. The molecule has 2 rings (SSSR count). The SMILES string of the molecule is NC(=O)c1c(-c2ccccc2)ccnc1N. The van der Waals surface area contributed by atoms with E-state index in [9.17, 15) is 4.79 Å². The van der Waals surface area contributed by atoms with E-state index in [1.165, 1.54) is 0 Å². The third kappa shape index (κ3) is 1.72. The molecule has 4 nitrogen and oxygen atoms in total. The fraction of sp³-hybridized carbons (Fsp3) is 0. The molecule has 0 saturated carbocycles. The first-order chi connectivity index (χ1) is 7.70. The lowest BCUT2D eigenvalue weighted by Gasteiger charge is -2.08. The van der Waals surface area contributed by atoms with Crippen LogP contribution in [0.3, 0.4) is 0 Å². The molecule has 1 heterocycles. The van der Waals surface area contributed by atoms with Crippen molar-refractivity contribution in [3.8, 4) is 11.1 Å². The van der Waals surface area contributed by atoms with Crippen LogP contribution in [0.15, 0.2) is 42.6 Å². The summed E-state index contributed by atoms with van der Waals surface area (Å²) in [6.07, 6.45) is 1.56. The van der Waals surface area contributed by atoms with Crippen molar-refractivity contribution in [2.45, 2.75) is 0 Å². The Balaban J connectivity index is 2.66. The van der Waals surface area contributed by atoms with E-state index in [0.717, 1.165) is 5.56 Å². The van der Waals surface area contributed by atoms with E-state index in [1.807, 2.05) is 30.3 Å². The maximum atomic E-state index is 11.3. The van der Waals surface area contributed by atoms with Crippen molar-refractivity contribution in [2.24, 2.45) is 5.73 Å². The summed E-state index contributed by atoms with van der Waals surface area (Å²) in [6, 6.07) is 11.2. The van der Waals surface area contributed by atoms with Gasteiger partial charge in [0.1, 0.15) is 5.82 Å². The molecule has 0 spiro atoms. The molecule has 0 aliphatic rings. The molecule has 0 fully saturated rings. The van der Waals surface area contributed by atoms with Crippen LogP contribution < -0.4 is 11.5 Å². The van der Waals surface area contributed by atoms with Crippen molar-refractivity contribution in [1.82, 2.24) is 4.98 Å². The first kappa shape index (κ1) is 10.2. The largest absolute Gasteiger partial charge is 0.383 e. The van der Waals surface area contributed by atoms with Gasteiger partial charge in [-0.3, -0.25) is 4.79 Å². The number of amides is 1. The van der Waals surface area contributed by atoms with Gasteiger partial charge in [0, 0.05) is 6.20 Å². The Kier molecular flexibility index (Phi) is 2.55. The number of nitrogen functional groups attached to an aromatic ring is 1. The Bertz CT molecular complexity index is 523. The number of aromatic nitrogens is 1. The second-order valence-corrected chi connectivity index (χ2v) is 3.35. The summed E-state index contributed by atoms with van der Waals surface area (Å²) >= 11 is 0. The highest BCUT2D eigenvalue weighted by molar-refractivity contribution is 6.03. The highest BCUT2D eigenvalue weighted by Gasteiger charge is 2.13. The number of rotatable bonds is 2. The van der Waals surface area contributed by atoms with Gasteiger partial charge in [0.05, 0.1) is 5.56 Å². The second-order valence-electron chi connectivity index (χ2n) is 3.35. The molecule has 0 saturated heterocycles. The molecule has 0 aliphatic heterocycles. The maximum Gasteiger partial charge on any atom is 0.253 e. The van der Waals surface area contributed by atoms with Crippen molar-refractivity contribution in [2.75, 3.05) is 5.73 Å². The number of carbonyl (C=O) groups excluding carboxylic acids is 1. The van der Waals surface area contributed by atoms with Gasteiger partial charge < -0.3 is 11.5 Å². The number of pyridine rings is 1. The molecular formula is C12H11N3O. The van der Waals surface area contributed by atoms with Gasteiger partial charge in [-0.1, -0.05) is 30.3 Å². The average molecular weight is 213 g/mol. The van der Waals surface area contributed by atoms with Gasteiger partial charge in [-0.25, -0.2) is 4.98 Å². The molecular weight excluding hydrogens is 202 g/mol. The Labute approximate surface area is 92.9 Å². The number of nitrogens with two attached hydrogens (primary N) is 2. The van der Waals surface area contributed by atoms with Gasteiger partial charge in [-0.2, -0.15) is 0 Å². The Hall–Kier alpha value is -2.36. The summed E-state index contributed by atoms with van der Waals surface area (Å²) in [6.45, 7) is 0. The summed E-state index contributed by atoms with van der Waals surface area (Å²) in [5, 5.41) is 0. The molecule has 80 valence electrons. The third-order valence-electron chi connectivity index (χ3n) is 2.31. The lowest BCUT2D eigenvalue weighted by Crippen LogP contribution is -2.15. The number of hydrogen-bond acceptors (Lipinski definition) is 3. The third-order valence-corrected chi connectivity index (χ3v) is 2.31. The van der Waals surface area contributed by atoms with E-state index in [0.29, 0.717) is 5.56 Å². The Morgan fingerprint density at radius 3 is 2.44 bits per heavy atom. The Morgan fingerprint density at radius 2 is 1.81 bits per heavy atom. The maximum absolute atomic E-state index is 11.3. The molecule has 16 heavy (non-hydrogen) atoms. The van der Waals surface area contributed by atoms with E-state index in [1.54, 1.807) is 12.3 Å². The van der Waals surface area contributed by atoms with Gasteiger partial charge >= 0.3 is 0 Å². The molecule has 2 aromatic rings. The molecule has 0 bridgehead atoms. The molecule has 0 aliphatic carbocycles. The van der Waals surface area contributed by atoms with Crippen LogP contribution in [0, 0.1) is 0 Å². The zero-order chi connectivity index (χ0) is 11.5. The van der Waals surface area contributed by atoms with Crippen LogP contribution in [0.4, 0.5) is 5.82 Å². The number of primary amides is 1. The van der Waals surface area contributed by atoms with Crippen molar-refractivity contribution in [3.05, 3.63) is 48.2 Å². The minimum Gasteiger partial charge on any atom is -0.383 e. The lowest BCUT2D eigenvalue weighted by atomic mass is 10.0. The number of anilines is 1. The van der Waals surface area contributed by atoms with E-state index in [2.05, 4.69) is 4.98 Å². The van der Waals surface area contributed by atoms with Gasteiger partial charge in [-0.15, -0.1) is 0 Å². The predicted octanol–water partition coefficient (Wildman–Crippen LogP) is 1.43. The summed E-state index contributed by atoms with van der Waals surface area (Å²) in [5.41, 5.74) is 12.8. The first-order valence-electron chi connectivity index (χ1n) is 4.80. The van der Waals surface area contributed by atoms with Crippen LogP contribution in [0.25, 0.3) is 11.1 Å². The predicted molar refractivity (Wildman–Crippen MR) is 62.6 cm³/mol. The van der Waals surface area contributed by atoms with Crippen LogP contribution >= 0.6 is 0 Å². The van der Waals surface area contributed by atoms with Crippen molar-refractivity contribution >= 4 is 11.7 Å². The van der Waals surface area contributed by atoms with Gasteiger partial charge in [0.25, 0.3) is 5.91 Å². The topological polar surface area (TPSA) is 82.0 Å². The average Bonchev–Trinajstić information content (AvgIpc) is 2.29. The van der Waals surface area contributed by atoms with Crippen LogP contribution in [0.1, 0.15) is 10.4 Å². The quantitative estimate of drug-likeness (QED) is 0.791. The summed E-state index contributed by atoms with van der Waals surface area (Å²) in [5.74, 6) is -0.404. The smallest absolute Gasteiger partial charge is 0.253 e. The van der Waals surface area contributed by atoms with Crippen molar-refractivity contribution in [1.29, 1.82) is 0 Å². The summed E-state index contributed by atoms with van der Waals surface area (Å²) in [4.78, 5) is 15.2. The normalized spacial score (nSPS) is 10.0. The standard InChI is InChI=1S/C12H11N3O/c13-11-10(12(14)16)9(6-7-15-11)8-4-2-1-3-5-8/h1-7H,(H2,13,15)(H2,14,16). The van der Waals surface area contributed by atoms with Crippen molar-refractivity contribution in [3.63, 3.8) is 0 Å². The first-order valence-corrected chi connectivity index (χ1v) is 4.80. The summed E-state index contributed by atoms with van der Waals surface area (Å²) in [7, 11) is 0. The van der Waals surface area contributed by atoms with Crippen LogP contribution in [-0.4, -0.2) is 10.9 Å². The molecule has 4 heteroatoms. The lowest BCUT2D eigenvalue weighted by molar-refractivity contribution is 0.100. The molecule has 4 N–H and O–H groups in total. The summed E-state index contributed by atoms with van der Waals surface area (Å²) < 4.78 is 0. The molecule has 0 radical (unpaired) electrons. The highest BCUT2D eigenvalue weighted by atomic mass is 16.1. The zero-order valence-electron chi connectivity index (χ0n) is 8.55. The minimum atomic E-state index is -0.565. The number of benzene rings is 1. The molecule has 0 atom stereocenters. The molecule has 0 unspecified atom stereocenters. The van der Waals surface area contributed by atoms with Crippen LogP contribution in [0.5, 0.6) is 0 Å². The molecule has 1 aromatic carbocycles. The van der Waals surface area contributed by atoms with Gasteiger partial charge in [0.15, 0.2) is 0 Å². The Morgan fingerprint density at radius 1 is 1.12 bits per heavy atom. The van der Waals surface area contributed by atoms with E-state index in [-0.39, 0.29) is 11.4 Å². The van der Waals surface area contributed by atoms with Crippen LogP contribution in [0.2, 0.25) is 0 Å². The van der Waals surface area contributed by atoms with Gasteiger partial charge in [-0.05, 0) is 17.2 Å². The highest BCUT2D eigenvalue weighted by Crippen LogP contribution is 2.25. The van der Waals surface area contributed by atoms with Crippen LogP contribution in [-0.2, 0) is 0 Å². The number of carbonyl (C=O) groups is 1. The van der Waals surface area contributed by atoms with E-state index in [4.69, 9.17) is 11.5 Å².